The lowest BCUT2D eigenvalue weighted by atomic mass is 10.2. The lowest BCUT2D eigenvalue weighted by Gasteiger charge is -1.98. The first kappa shape index (κ1) is 14.8. The molecular weight excluding hydrogens is 294 g/mol. The molecule has 0 aliphatic rings. The Balaban J connectivity index is 1.79. The van der Waals surface area contributed by atoms with E-state index in [9.17, 15) is 4.79 Å². The minimum Gasteiger partial charge on any atom is -0.497 e. The first-order valence-corrected chi connectivity index (χ1v) is 6.98. The second-order valence-electron chi connectivity index (χ2n) is 4.93. The Morgan fingerprint density at radius 2 is 1.91 bits per heavy atom. The number of nitrogens with zero attached hydrogens (tertiary/aromatic N) is 3. The van der Waals surface area contributed by atoms with Crippen molar-refractivity contribution in [3.05, 3.63) is 64.4 Å². The van der Waals surface area contributed by atoms with Crippen molar-refractivity contribution >= 4 is 12.2 Å². The summed E-state index contributed by atoms with van der Waals surface area (Å²) in [4.78, 5) is 15.7. The maximum Gasteiger partial charge on any atom is 0.250 e. The third-order valence-corrected chi connectivity index (χ3v) is 3.32. The molecule has 0 unspecified atom stereocenters. The summed E-state index contributed by atoms with van der Waals surface area (Å²) in [6.45, 7) is 0. The molecule has 0 N–H and O–H groups in total. The van der Waals surface area contributed by atoms with Gasteiger partial charge in [0.15, 0.2) is 0 Å². The van der Waals surface area contributed by atoms with Crippen molar-refractivity contribution in [3.63, 3.8) is 0 Å². The summed E-state index contributed by atoms with van der Waals surface area (Å²) in [7, 11) is 3.31. The van der Waals surface area contributed by atoms with Crippen LogP contribution in [0.5, 0.6) is 5.75 Å². The Morgan fingerprint density at radius 3 is 2.61 bits per heavy atom. The lowest BCUT2D eigenvalue weighted by molar-refractivity contribution is 0.411. The van der Waals surface area contributed by atoms with E-state index >= 15 is 0 Å². The van der Waals surface area contributed by atoms with Crippen LogP contribution in [0, 0.1) is 0 Å². The van der Waals surface area contributed by atoms with Crippen molar-refractivity contribution in [2.24, 2.45) is 7.05 Å². The molecular formula is C17H15N3O3. The fourth-order valence-corrected chi connectivity index (χ4v) is 2.03. The molecule has 0 spiro atoms. The van der Waals surface area contributed by atoms with E-state index < -0.39 is 0 Å². The highest BCUT2D eigenvalue weighted by atomic mass is 16.5. The molecule has 3 aromatic rings. The minimum absolute atomic E-state index is 0.0862. The Morgan fingerprint density at radius 1 is 1.13 bits per heavy atom. The summed E-state index contributed by atoms with van der Waals surface area (Å²) >= 11 is 0. The Labute approximate surface area is 132 Å². The van der Waals surface area contributed by atoms with Crippen molar-refractivity contribution in [1.82, 2.24) is 14.7 Å². The van der Waals surface area contributed by atoms with E-state index in [0.29, 0.717) is 11.7 Å². The van der Waals surface area contributed by atoms with Gasteiger partial charge in [0.2, 0.25) is 11.4 Å². The van der Waals surface area contributed by atoms with Gasteiger partial charge in [0.25, 0.3) is 5.89 Å². The zero-order valence-corrected chi connectivity index (χ0v) is 12.8. The van der Waals surface area contributed by atoms with Crippen LogP contribution in [0.4, 0.5) is 0 Å². The molecule has 0 saturated heterocycles. The van der Waals surface area contributed by atoms with Crippen LogP contribution in [-0.4, -0.2) is 21.8 Å². The standard InChI is InChI=1S/C17H15N3O3/c1-20-11-13(6-10-16(20)21)17-18-15(23-19-17)9-5-12-3-7-14(22-2)8-4-12/h3-11H,1-2H3. The van der Waals surface area contributed by atoms with E-state index in [1.807, 2.05) is 30.3 Å². The average molecular weight is 309 g/mol. The Hall–Kier alpha value is -3.15. The molecule has 2 aromatic heterocycles. The number of ether oxygens (including phenoxy) is 1. The predicted molar refractivity (Wildman–Crippen MR) is 86.9 cm³/mol. The highest BCUT2D eigenvalue weighted by Gasteiger charge is 2.07. The van der Waals surface area contributed by atoms with E-state index in [0.717, 1.165) is 16.9 Å². The van der Waals surface area contributed by atoms with Gasteiger partial charge in [0.1, 0.15) is 5.75 Å². The fraction of sp³-hybridized carbons (Fsp3) is 0.118. The third kappa shape index (κ3) is 3.37. The smallest absolute Gasteiger partial charge is 0.250 e. The van der Waals surface area contributed by atoms with Gasteiger partial charge in [0.05, 0.1) is 7.11 Å². The maximum atomic E-state index is 11.4. The molecule has 0 amide bonds. The predicted octanol–water partition coefficient (Wildman–Crippen LogP) is 2.61. The van der Waals surface area contributed by atoms with Gasteiger partial charge in [-0.25, -0.2) is 0 Å². The zero-order chi connectivity index (χ0) is 16.2. The molecule has 116 valence electrons. The lowest BCUT2D eigenvalue weighted by Crippen LogP contribution is -2.14. The second-order valence-corrected chi connectivity index (χ2v) is 4.93. The monoisotopic (exact) mass is 309 g/mol. The first-order chi connectivity index (χ1) is 11.2. The number of hydrogen-bond donors (Lipinski definition) is 0. The van der Waals surface area contributed by atoms with Gasteiger partial charge in [-0.05, 0) is 29.8 Å². The van der Waals surface area contributed by atoms with Crippen LogP contribution in [-0.2, 0) is 7.05 Å². The molecule has 1 aromatic carbocycles. The van der Waals surface area contributed by atoms with Crippen LogP contribution in [0.25, 0.3) is 23.5 Å². The molecule has 0 radical (unpaired) electrons. The SMILES string of the molecule is COc1ccc(C=Cc2nc(-c3ccc(=O)n(C)c3)no2)cc1. The summed E-state index contributed by atoms with van der Waals surface area (Å²) < 4.78 is 11.8. The normalized spacial score (nSPS) is 11.0. The number of rotatable bonds is 4. The number of aryl methyl sites for hydroxylation is 1. The van der Waals surface area contributed by atoms with Crippen molar-refractivity contribution in [2.75, 3.05) is 7.11 Å². The third-order valence-electron chi connectivity index (χ3n) is 3.32. The quantitative estimate of drug-likeness (QED) is 0.741. The number of aromatic nitrogens is 3. The molecule has 0 saturated carbocycles. The molecule has 0 aliphatic carbocycles. The number of pyridine rings is 1. The van der Waals surface area contributed by atoms with Gasteiger partial charge in [-0.2, -0.15) is 4.98 Å². The van der Waals surface area contributed by atoms with Gasteiger partial charge in [-0.15, -0.1) is 0 Å². The van der Waals surface area contributed by atoms with Crippen LogP contribution >= 0.6 is 0 Å². The number of hydrogen-bond acceptors (Lipinski definition) is 5. The van der Waals surface area contributed by atoms with E-state index in [1.54, 1.807) is 32.5 Å². The highest BCUT2D eigenvalue weighted by Crippen LogP contribution is 2.16. The van der Waals surface area contributed by atoms with Gasteiger partial charge < -0.3 is 13.8 Å². The molecule has 6 nitrogen and oxygen atoms in total. The average Bonchev–Trinajstić information content (AvgIpc) is 3.05. The van der Waals surface area contributed by atoms with Gasteiger partial charge in [-0.1, -0.05) is 17.3 Å². The molecule has 0 aliphatic heterocycles. The van der Waals surface area contributed by atoms with Gasteiger partial charge >= 0.3 is 0 Å². The Bertz CT molecular complexity index is 892. The highest BCUT2D eigenvalue weighted by molar-refractivity contribution is 5.67. The summed E-state index contributed by atoms with van der Waals surface area (Å²) in [5, 5.41) is 3.92. The summed E-state index contributed by atoms with van der Waals surface area (Å²) in [6, 6.07) is 10.8. The molecule has 0 bridgehead atoms. The molecule has 0 atom stereocenters. The fourth-order valence-electron chi connectivity index (χ4n) is 2.03. The largest absolute Gasteiger partial charge is 0.497 e. The van der Waals surface area contributed by atoms with Crippen molar-refractivity contribution in [1.29, 1.82) is 0 Å². The summed E-state index contributed by atoms with van der Waals surface area (Å²) in [5.41, 5.74) is 1.63. The van der Waals surface area contributed by atoms with Crippen LogP contribution < -0.4 is 10.3 Å². The first-order valence-electron chi connectivity index (χ1n) is 6.98. The van der Waals surface area contributed by atoms with E-state index in [2.05, 4.69) is 10.1 Å². The molecule has 6 heteroatoms. The minimum atomic E-state index is -0.0862. The van der Waals surface area contributed by atoms with Crippen LogP contribution in [0.15, 0.2) is 51.9 Å². The topological polar surface area (TPSA) is 70.2 Å². The zero-order valence-electron chi connectivity index (χ0n) is 12.8. The maximum absolute atomic E-state index is 11.4. The summed E-state index contributed by atoms with van der Waals surface area (Å²) in [5.74, 6) is 1.64. The second kappa shape index (κ2) is 6.31. The Kier molecular flexibility index (Phi) is 4.05. The van der Waals surface area contributed by atoms with Gasteiger partial charge in [0, 0.05) is 31.0 Å². The van der Waals surface area contributed by atoms with Crippen LogP contribution in [0.1, 0.15) is 11.5 Å². The van der Waals surface area contributed by atoms with Crippen molar-refractivity contribution in [3.8, 4) is 17.1 Å². The van der Waals surface area contributed by atoms with Crippen molar-refractivity contribution in [2.45, 2.75) is 0 Å². The van der Waals surface area contributed by atoms with Crippen LogP contribution in [0.3, 0.4) is 0 Å². The van der Waals surface area contributed by atoms with E-state index in [1.165, 1.54) is 10.6 Å². The van der Waals surface area contributed by atoms with Crippen LogP contribution in [0.2, 0.25) is 0 Å². The van der Waals surface area contributed by atoms with E-state index in [-0.39, 0.29) is 5.56 Å². The van der Waals surface area contributed by atoms with Crippen molar-refractivity contribution < 1.29 is 9.26 Å². The molecule has 3 rings (SSSR count). The number of methoxy groups -OCH3 is 1. The molecule has 0 fully saturated rings. The van der Waals surface area contributed by atoms with Gasteiger partial charge in [-0.3, -0.25) is 4.79 Å². The van der Waals surface area contributed by atoms with E-state index in [4.69, 9.17) is 9.26 Å². The molecule has 23 heavy (non-hydrogen) atoms. The number of benzene rings is 1. The molecule has 2 heterocycles. The summed E-state index contributed by atoms with van der Waals surface area (Å²) in [6.07, 6.45) is 5.28.